The fourth-order valence-electron chi connectivity index (χ4n) is 5.19. The van der Waals surface area contributed by atoms with Crippen LogP contribution in [0.4, 0.5) is 4.39 Å². The van der Waals surface area contributed by atoms with Crippen LogP contribution >= 0.6 is 0 Å². The summed E-state index contributed by atoms with van der Waals surface area (Å²) in [7, 11) is 0. The van der Waals surface area contributed by atoms with Crippen molar-refractivity contribution in [3.63, 3.8) is 0 Å². The first-order chi connectivity index (χ1) is 15.1. The summed E-state index contributed by atoms with van der Waals surface area (Å²) in [6.07, 6.45) is 8.77. The lowest BCUT2D eigenvalue weighted by Crippen LogP contribution is -2.38. The number of aromatic nitrogens is 2. The zero-order chi connectivity index (χ0) is 21.3. The number of ether oxygens (including phenoxy) is 1. The molecule has 1 aliphatic carbocycles. The highest BCUT2D eigenvalue weighted by Crippen LogP contribution is 2.55. The van der Waals surface area contributed by atoms with Crippen molar-refractivity contribution in [2.45, 2.75) is 44.6 Å². The Kier molecular flexibility index (Phi) is 5.49. The van der Waals surface area contributed by atoms with Crippen LogP contribution < -0.4 is 0 Å². The van der Waals surface area contributed by atoms with Gasteiger partial charge in [-0.25, -0.2) is 4.39 Å². The number of halogens is 1. The number of aryl methyl sites for hydroxylation is 1. The summed E-state index contributed by atoms with van der Waals surface area (Å²) in [5.41, 5.74) is 3.60. The van der Waals surface area contributed by atoms with E-state index in [-0.39, 0.29) is 16.8 Å². The van der Waals surface area contributed by atoms with Gasteiger partial charge in [0.15, 0.2) is 0 Å². The van der Waals surface area contributed by atoms with E-state index in [1.54, 1.807) is 6.07 Å². The van der Waals surface area contributed by atoms with Gasteiger partial charge in [-0.1, -0.05) is 18.2 Å². The smallest absolute Gasteiger partial charge is 0.141 e. The van der Waals surface area contributed by atoms with E-state index >= 15 is 0 Å². The molecule has 1 unspecified atom stereocenters. The molecule has 5 heteroatoms. The van der Waals surface area contributed by atoms with E-state index in [2.05, 4.69) is 47.3 Å². The van der Waals surface area contributed by atoms with Gasteiger partial charge in [-0.15, -0.1) is 0 Å². The normalized spacial score (nSPS) is 22.8. The fraction of sp³-hybridized carbons (Fsp3) is 0.462. The lowest BCUT2D eigenvalue weighted by atomic mass is 9.82. The SMILES string of the molecule is CCOCC1(CCc2ccc(F)cn2)CCN(C2(c3cnc4ccccc4c3)CC2)C1. The minimum Gasteiger partial charge on any atom is -0.381 e. The van der Waals surface area contributed by atoms with Gasteiger partial charge in [0.05, 0.1) is 18.3 Å². The van der Waals surface area contributed by atoms with Crippen LogP contribution in [0.5, 0.6) is 0 Å². The monoisotopic (exact) mass is 419 g/mol. The van der Waals surface area contributed by atoms with E-state index < -0.39 is 0 Å². The van der Waals surface area contributed by atoms with Crippen LogP contribution in [0, 0.1) is 11.2 Å². The predicted octanol–water partition coefficient (Wildman–Crippen LogP) is 5.12. The van der Waals surface area contributed by atoms with Crippen molar-refractivity contribution in [1.82, 2.24) is 14.9 Å². The molecular formula is C26H30FN3O. The molecule has 3 aromatic rings. The van der Waals surface area contributed by atoms with Crippen molar-refractivity contribution in [3.8, 4) is 0 Å². The number of pyridine rings is 2. The Morgan fingerprint density at radius 3 is 2.71 bits per heavy atom. The number of para-hydroxylation sites is 1. The van der Waals surface area contributed by atoms with E-state index in [4.69, 9.17) is 9.72 Å². The Labute approximate surface area is 183 Å². The first-order valence-corrected chi connectivity index (χ1v) is 11.4. The standard InChI is InChI=1S/C26H30FN3O/c1-2-31-19-25(10-9-23-8-7-22(27)17-28-23)13-14-30(18-25)26(11-12-26)21-15-20-5-3-4-6-24(20)29-16-21/h3-8,15-17H,2,9-14,18-19H2,1H3. The molecular weight excluding hydrogens is 389 g/mol. The van der Waals surface area contributed by atoms with Crippen LogP contribution in [-0.2, 0) is 16.7 Å². The molecule has 0 radical (unpaired) electrons. The highest BCUT2D eigenvalue weighted by atomic mass is 19.1. The van der Waals surface area contributed by atoms with Crippen molar-refractivity contribution >= 4 is 10.9 Å². The molecule has 3 heterocycles. The van der Waals surface area contributed by atoms with Crippen molar-refractivity contribution in [2.75, 3.05) is 26.3 Å². The number of fused-ring (bicyclic) bond motifs is 1. The molecule has 31 heavy (non-hydrogen) atoms. The zero-order valence-corrected chi connectivity index (χ0v) is 18.2. The van der Waals surface area contributed by atoms with Gasteiger partial charge in [-0.05, 0) is 75.4 Å². The van der Waals surface area contributed by atoms with Crippen LogP contribution in [0.15, 0.2) is 54.9 Å². The van der Waals surface area contributed by atoms with Crippen LogP contribution in [-0.4, -0.2) is 41.2 Å². The molecule has 1 atom stereocenters. The summed E-state index contributed by atoms with van der Waals surface area (Å²) < 4.78 is 19.2. The molecule has 0 spiro atoms. The van der Waals surface area contributed by atoms with Crippen molar-refractivity contribution in [3.05, 3.63) is 71.9 Å². The molecule has 0 bridgehead atoms. The summed E-state index contributed by atoms with van der Waals surface area (Å²) >= 11 is 0. The van der Waals surface area contributed by atoms with Crippen LogP contribution in [0.3, 0.4) is 0 Å². The van der Waals surface area contributed by atoms with E-state index in [9.17, 15) is 4.39 Å². The average Bonchev–Trinajstić information content (AvgIpc) is 3.51. The molecule has 2 fully saturated rings. The summed E-state index contributed by atoms with van der Waals surface area (Å²) in [4.78, 5) is 11.7. The van der Waals surface area contributed by atoms with Gasteiger partial charge in [0.2, 0.25) is 0 Å². The van der Waals surface area contributed by atoms with Gasteiger partial charge in [0, 0.05) is 41.4 Å². The number of nitrogens with zero attached hydrogens (tertiary/aromatic N) is 3. The summed E-state index contributed by atoms with van der Waals surface area (Å²) in [6.45, 7) is 5.67. The number of hydrogen-bond acceptors (Lipinski definition) is 4. The quantitative estimate of drug-likeness (QED) is 0.508. The average molecular weight is 420 g/mol. The summed E-state index contributed by atoms with van der Waals surface area (Å²) in [5.74, 6) is -0.278. The second-order valence-corrected chi connectivity index (χ2v) is 9.22. The predicted molar refractivity (Wildman–Crippen MR) is 120 cm³/mol. The molecule has 162 valence electrons. The topological polar surface area (TPSA) is 38.2 Å². The zero-order valence-electron chi connectivity index (χ0n) is 18.2. The molecule has 4 nitrogen and oxygen atoms in total. The summed E-state index contributed by atoms with van der Waals surface area (Å²) in [5, 5.41) is 1.22. The maximum absolute atomic E-state index is 13.2. The molecule has 1 saturated heterocycles. The first kappa shape index (κ1) is 20.5. The maximum Gasteiger partial charge on any atom is 0.141 e. The molecule has 5 rings (SSSR count). The Balaban J connectivity index is 1.34. The largest absolute Gasteiger partial charge is 0.381 e. The summed E-state index contributed by atoms with van der Waals surface area (Å²) in [6, 6.07) is 14.0. The third-order valence-corrected chi connectivity index (χ3v) is 7.21. The Morgan fingerprint density at radius 1 is 1.06 bits per heavy atom. The first-order valence-electron chi connectivity index (χ1n) is 11.4. The van der Waals surface area contributed by atoms with Crippen molar-refractivity contribution in [2.24, 2.45) is 5.41 Å². The minimum absolute atomic E-state index is 0.117. The van der Waals surface area contributed by atoms with Gasteiger partial charge in [0.1, 0.15) is 5.82 Å². The molecule has 0 amide bonds. The lowest BCUT2D eigenvalue weighted by Gasteiger charge is -2.33. The third-order valence-electron chi connectivity index (χ3n) is 7.21. The van der Waals surface area contributed by atoms with Gasteiger partial charge in [-0.2, -0.15) is 0 Å². The molecule has 1 aromatic carbocycles. The molecule has 0 N–H and O–H groups in total. The van der Waals surface area contributed by atoms with Gasteiger partial charge in [0.25, 0.3) is 0 Å². The van der Waals surface area contributed by atoms with Gasteiger partial charge < -0.3 is 4.74 Å². The van der Waals surface area contributed by atoms with Gasteiger partial charge in [-0.3, -0.25) is 14.9 Å². The van der Waals surface area contributed by atoms with Crippen molar-refractivity contribution < 1.29 is 9.13 Å². The van der Waals surface area contributed by atoms with E-state index in [1.807, 2.05) is 6.07 Å². The van der Waals surface area contributed by atoms with E-state index in [1.165, 1.54) is 36.1 Å². The molecule has 1 saturated carbocycles. The Morgan fingerprint density at radius 2 is 1.94 bits per heavy atom. The van der Waals surface area contributed by atoms with Gasteiger partial charge >= 0.3 is 0 Å². The lowest BCUT2D eigenvalue weighted by molar-refractivity contribution is 0.0442. The van der Waals surface area contributed by atoms with Crippen LogP contribution in [0.1, 0.15) is 43.9 Å². The Bertz CT molecular complexity index is 1050. The number of rotatable bonds is 8. The van der Waals surface area contributed by atoms with E-state index in [0.29, 0.717) is 0 Å². The van der Waals surface area contributed by atoms with Crippen LogP contribution in [0.2, 0.25) is 0 Å². The molecule has 2 aliphatic rings. The number of benzene rings is 1. The number of likely N-dealkylation sites (tertiary alicyclic amines) is 1. The van der Waals surface area contributed by atoms with Crippen molar-refractivity contribution in [1.29, 1.82) is 0 Å². The van der Waals surface area contributed by atoms with E-state index in [0.717, 1.165) is 56.8 Å². The fourth-order valence-corrected chi connectivity index (χ4v) is 5.19. The van der Waals surface area contributed by atoms with Crippen LogP contribution in [0.25, 0.3) is 10.9 Å². The highest BCUT2D eigenvalue weighted by Gasteiger charge is 2.54. The second kappa shape index (κ2) is 8.29. The molecule has 1 aliphatic heterocycles. The molecule has 2 aromatic heterocycles. The number of hydrogen-bond donors (Lipinski definition) is 0. The minimum atomic E-state index is -0.278. The third kappa shape index (κ3) is 4.09. The second-order valence-electron chi connectivity index (χ2n) is 9.22. The maximum atomic E-state index is 13.2. The Hall–Kier alpha value is -2.37. The highest BCUT2D eigenvalue weighted by molar-refractivity contribution is 5.79.